The van der Waals surface area contributed by atoms with E-state index in [0.29, 0.717) is 18.6 Å². The van der Waals surface area contributed by atoms with Crippen LogP contribution in [0.3, 0.4) is 0 Å². The van der Waals surface area contributed by atoms with Crippen LogP contribution in [0.15, 0.2) is 36.5 Å². The second-order valence-electron chi connectivity index (χ2n) is 10.3. The first-order valence-electron chi connectivity index (χ1n) is 12.3. The quantitative estimate of drug-likeness (QED) is 0.440. The summed E-state index contributed by atoms with van der Waals surface area (Å²) in [6.07, 6.45) is 7.14. The summed E-state index contributed by atoms with van der Waals surface area (Å²) in [4.78, 5) is 13.4. The van der Waals surface area contributed by atoms with Gasteiger partial charge >= 0.3 is 0 Å². The van der Waals surface area contributed by atoms with Crippen molar-refractivity contribution in [2.45, 2.75) is 77.8 Å². The average molecular weight is 478 g/mol. The van der Waals surface area contributed by atoms with Gasteiger partial charge in [0.05, 0.1) is 29.0 Å². The van der Waals surface area contributed by atoms with Crippen molar-refractivity contribution in [3.8, 4) is 5.75 Å². The molecular weight excluding hydrogens is 442 g/mol. The molecule has 0 spiro atoms. The molecule has 3 aromatic rings. The number of benzene rings is 1. The molecule has 0 unspecified atom stereocenters. The zero-order valence-corrected chi connectivity index (χ0v) is 21.3. The van der Waals surface area contributed by atoms with Crippen LogP contribution in [-0.2, 0) is 15.9 Å². The van der Waals surface area contributed by atoms with Crippen molar-refractivity contribution in [1.29, 1.82) is 0 Å². The highest BCUT2D eigenvalue weighted by Crippen LogP contribution is 2.40. The Hall–Kier alpha value is -3.49. The maximum Gasteiger partial charge on any atom is 0.256 e. The first kappa shape index (κ1) is 24.6. The predicted molar refractivity (Wildman–Crippen MR) is 134 cm³/mol. The molecule has 0 saturated heterocycles. The fraction of sp³-hybridized carbons (Fsp3) is 0.500. The van der Waals surface area contributed by atoms with Crippen molar-refractivity contribution >= 4 is 17.1 Å². The lowest BCUT2D eigenvalue weighted by Gasteiger charge is -2.36. The van der Waals surface area contributed by atoms with Crippen LogP contribution >= 0.6 is 0 Å². The summed E-state index contributed by atoms with van der Waals surface area (Å²) in [5, 5.41) is 22.3. The molecule has 1 aliphatic rings. The number of nitrogens with zero attached hydrogens (tertiary/aromatic N) is 5. The second kappa shape index (κ2) is 10.0. The first-order chi connectivity index (χ1) is 16.7. The standard InChI is InChI=1S/C26H35N7O2/c1-6-7-8-9-16-35-19-12-10-18(11-13-19)26(5)17-20(21-14-15-33(30-21)25(2,3)4)22(24(34)27-26)23-28-31-32-29-23/h10-15H,6-9,16-17H2,1-5H3,(H,27,34)(H,28,29,31,32)/t26-/m0/s1. The smallest absolute Gasteiger partial charge is 0.256 e. The molecule has 9 heteroatoms. The normalized spacial score (nSPS) is 18.6. The Morgan fingerprint density at radius 1 is 1.11 bits per heavy atom. The zero-order valence-electron chi connectivity index (χ0n) is 21.3. The van der Waals surface area contributed by atoms with Gasteiger partial charge in [-0.3, -0.25) is 9.48 Å². The third kappa shape index (κ3) is 5.44. The number of carbonyl (C=O) groups excluding carboxylic acids is 1. The minimum atomic E-state index is -0.634. The summed E-state index contributed by atoms with van der Waals surface area (Å²) in [5.41, 5.74) is 2.08. The van der Waals surface area contributed by atoms with E-state index in [9.17, 15) is 4.79 Å². The lowest BCUT2D eigenvalue weighted by molar-refractivity contribution is -0.117. The minimum absolute atomic E-state index is 0.183. The number of hydrogen-bond acceptors (Lipinski definition) is 6. The van der Waals surface area contributed by atoms with Crippen LogP contribution in [-0.4, -0.2) is 42.9 Å². The number of amides is 1. The Bertz CT molecular complexity index is 1170. The topological polar surface area (TPSA) is 111 Å². The zero-order chi connectivity index (χ0) is 25.1. The Morgan fingerprint density at radius 2 is 1.89 bits per heavy atom. The lowest BCUT2D eigenvalue weighted by atomic mass is 9.79. The van der Waals surface area contributed by atoms with E-state index in [1.54, 1.807) is 0 Å². The first-order valence-corrected chi connectivity index (χ1v) is 12.3. The van der Waals surface area contributed by atoms with E-state index in [1.165, 1.54) is 19.3 Å². The highest BCUT2D eigenvalue weighted by molar-refractivity contribution is 6.27. The summed E-state index contributed by atoms with van der Waals surface area (Å²) < 4.78 is 7.81. The number of aromatic nitrogens is 6. The maximum atomic E-state index is 13.4. The molecule has 35 heavy (non-hydrogen) atoms. The van der Waals surface area contributed by atoms with E-state index in [1.807, 2.05) is 48.1 Å². The number of H-pyrrole nitrogens is 1. The Morgan fingerprint density at radius 3 is 2.51 bits per heavy atom. The lowest BCUT2D eigenvalue weighted by Crippen LogP contribution is -2.47. The summed E-state index contributed by atoms with van der Waals surface area (Å²) in [7, 11) is 0. The van der Waals surface area contributed by atoms with Gasteiger partial charge in [0.1, 0.15) is 5.75 Å². The molecule has 1 amide bonds. The molecule has 0 aliphatic carbocycles. The Labute approximate surface area is 206 Å². The van der Waals surface area contributed by atoms with E-state index >= 15 is 0 Å². The molecule has 2 aromatic heterocycles. The summed E-state index contributed by atoms with van der Waals surface area (Å²) in [5.74, 6) is 0.844. The van der Waals surface area contributed by atoms with E-state index in [0.717, 1.165) is 29.0 Å². The van der Waals surface area contributed by atoms with Crippen LogP contribution < -0.4 is 10.1 Å². The number of ether oxygens (including phenoxy) is 1. The van der Waals surface area contributed by atoms with Crippen molar-refractivity contribution < 1.29 is 9.53 Å². The third-order valence-corrected chi connectivity index (χ3v) is 6.36. The Kier molecular flexibility index (Phi) is 7.05. The fourth-order valence-corrected chi connectivity index (χ4v) is 4.33. The van der Waals surface area contributed by atoms with Crippen molar-refractivity contribution in [2.75, 3.05) is 6.61 Å². The van der Waals surface area contributed by atoms with Crippen LogP contribution in [0, 0.1) is 0 Å². The van der Waals surface area contributed by atoms with Crippen molar-refractivity contribution in [3.63, 3.8) is 0 Å². The van der Waals surface area contributed by atoms with Crippen LogP contribution in [0.2, 0.25) is 0 Å². The van der Waals surface area contributed by atoms with Gasteiger partial charge in [0.15, 0.2) is 0 Å². The maximum absolute atomic E-state index is 13.4. The van der Waals surface area contributed by atoms with E-state index in [-0.39, 0.29) is 17.3 Å². The van der Waals surface area contributed by atoms with Crippen molar-refractivity contribution in [1.82, 2.24) is 35.7 Å². The van der Waals surface area contributed by atoms with Crippen LogP contribution in [0.25, 0.3) is 11.1 Å². The number of aromatic amines is 1. The molecular formula is C26H35N7O2. The van der Waals surface area contributed by atoms with Gasteiger partial charge in [0.25, 0.3) is 5.91 Å². The molecule has 0 saturated carbocycles. The van der Waals surface area contributed by atoms with Gasteiger partial charge in [-0.1, -0.05) is 38.3 Å². The monoisotopic (exact) mass is 477 g/mol. The number of unbranched alkanes of at least 4 members (excludes halogenated alkanes) is 3. The molecule has 0 bridgehead atoms. The number of rotatable bonds is 9. The molecule has 9 nitrogen and oxygen atoms in total. The van der Waals surface area contributed by atoms with Crippen LogP contribution in [0.1, 0.15) is 83.8 Å². The van der Waals surface area contributed by atoms with Gasteiger partial charge in [0.2, 0.25) is 5.82 Å². The second-order valence-corrected chi connectivity index (χ2v) is 10.3. The summed E-state index contributed by atoms with van der Waals surface area (Å²) >= 11 is 0. The predicted octanol–water partition coefficient (Wildman–Crippen LogP) is 4.46. The van der Waals surface area contributed by atoms with Crippen LogP contribution in [0.4, 0.5) is 0 Å². The van der Waals surface area contributed by atoms with E-state index < -0.39 is 5.54 Å². The number of carbonyl (C=O) groups is 1. The van der Waals surface area contributed by atoms with Gasteiger partial charge in [-0.2, -0.15) is 10.3 Å². The molecule has 186 valence electrons. The van der Waals surface area contributed by atoms with Gasteiger partial charge in [0, 0.05) is 12.6 Å². The molecule has 1 atom stereocenters. The van der Waals surface area contributed by atoms with Crippen LogP contribution in [0.5, 0.6) is 5.75 Å². The molecule has 2 N–H and O–H groups in total. The van der Waals surface area contributed by atoms with E-state index in [4.69, 9.17) is 9.84 Å². The number of tetrazole rings is 1. The average Bonchev–Trinajstić information content (AvgIpc) is 3.51. The molecule has 1 aliphatic heterocycles. The molecule has 3 heterocycles. The largest absolute Gasteiger partial charge is 0.494 e. The fourth-order valence-electron chi connectivity index (χ4n) is 4.33. The van der Waals surface area contributed by atoms with Gasteiger partial charge < -0.3 is 10.1 Å². The van der Waals surface area contributed by atoms with Crippen molar-refractivity contribution in [3.05, 3.63) is 53.6 Å². The highest BCUT2D eigenvalue weighted by atomic mass is 16.5. The van der Waals surface area contributed by atoms with Gasteiger partial charge in [-0.05, 0) is 68.7 Å². The number of hydrogen-bond donors (Lipinski definition) is 2. The highest BCUT2D eigenvalue weighted by Gasteiger charge is 2.40. The molecule has 4 rings (SSSR count). The minimum Gasteiger partial charge on any atom is -0.494 e. The SMILES string of the molecule is CCCCCCOc1ccc([C@]2(C)CC(c3ccn(C(C)(C)C)n3)=C(c3nn[nH]n3)C(=O)N2)cc1. The third-order valence-electron chi connectivity index (χ3n) is 6.36. The molecule has 1 aromatic carbocycles. The summed E-state index contributed by atoms with van der Waals surface area (Å²) in [6, 6.07) is 9.92. The molecule has 0 radical (unpaired) electrons. The van der Waals surface area contributed by atoms with E-state index in [2.05, 4.69) is 53.6 Å². The van der Waals surface area contributed by atoms with Crippen molar-refractivity contribution in [2.24, 2.45) is 0 Å². The van der Waals surface area contributed by atoms with Gasteiger partial charge in [-0.15, -0.1) is 10.2 Å². The summed E-state index contributed by atoms with van der Waals surface area (Å²) in [6.45, 7) is 11.2. The number of nitrogens with one attached hydrogen (secondary N) is 2. The van der Waals surface area contributed by atoms with Gasteiger partial charge in [-0.25, -0.2) is 0 Å². The molecule has 0 fully saturated rings. The Balaban J connectivity index is 1.62.